The van der Waals surface area contributed by atoms with Gasteiger partial charge in [0.1, 0.15) is 5.82 Å². The Morgan fingerprint density at radius 2 is 1.89 bits per heavy atom. The molecule has 2 aromatic heterocycles. The van der Waals surface area contributed by atoms with E-state index in [4.69, 9.17) is 9.97 Å². The van der Waals surface area contributed by atoms with Crippen molar-refractivity contribution in [1.82, 2.24) is 20.2 Å². The first-order chi connectivity index (χ1) is 13.8. The predicted octanol–water partition coefficient (Wildman–Crippen LogP) is 4.34. The number of piperidine rings is 1. The summed E-state index contributed by atoms with van der Waals surface area (Å²) in [5.41, 5.74) is 4.57. The fraction of sp³-hybridized carbons (Fsp3) is 0.409. The smallest absolute Gasteiger partial charge is 0.227 e. The maximum absolute atomic E-state index is 4.92. The number of anilines is 3. The first-order valence-corrected chi connectivity index (χ1v) is 10.3. The van der Waals surface area contributed by atoms with Crippen molar-refractivity contribution in [1.29, 1.82) is 0 Å². The molecule has 5 rings (SSSR count). The van der Waals surface area contributed by atoms with E-state index >= 15 is 0 Å². The highest BCUT2D eigenvalue weighted by molar-refractivity contribution is 5.67. The molecule has 6 heteroatoms. The van der Waals surface area contributed by atoms with Gasteiger partial charge in [-0.15, -0.1) is 0 Å². The van der Waals surface area contributed by atoms with Gasteiger partial charge in [-0.1, -0.05) is 37.3 Å². The summed E-state index contributed by atoms with van der Waals surface area (Å²) in [7, 11) is 0. The Morgan fingerprint density at radius 1 is 1.07 bits per heavy atom. The summed E-state index contributed by atoms with van der Waals surface area (Å²) in [5, 5.41) is 11.0. The highest BCUT2D eigenvalue weighted by atomic mass is 15.3. The highest BCUT2D eigenvalue weighted by Crippen LogP contribution is 2.32. The average molecular weight is 374 g/mol. The largest absolute Gasteiger partial charge is 0.341 e. The topological polar surface area (TPSA) is 69.7 Å². The number of aromatic nitrogens is 4. The zero-order chi connectivity index (χ0) is 18.9. The van der Waals surface area contributed by atoms with Crippen molar-refractivity contribution in [2.45, 2.75) is 39.0 Å². The molecule has 1 aliphatic carbocycles. The van der Waals surface area contributed by atoms with Gasteiger partial charge in [0.25, 0.3) is 0 Å². The molecule has 2 aliphatic rings. The molecule has 0 bridgehead atoms. The first kappa shape index (κ1) is 17.2. The van der Waals surface area contributed by atoms with Crippen LogP contribution in [0.15, 0.2) is 36.4 Å². The SMILES string of the molecule is CC1CCN(c2nc3c(c(Nc4cc(-c5ccccc5)[nH]n4)n2)CCC3)CC1. The molecule has 28 heavy (non-hydrogen) atoms. The summed E-state index contributed by atoms with van der Waals surface area (Å²) in [6.45, 7) is 4.41. The quantitative estimate of drug-likeness (QED) is 0.711. The first-order valence-electron chi connectivity index (χ1n) is 10.3. The van der Waals surface area contributed by atoms with E-state index in [0.717, 1.165) is 67.1 Å². The molecule has 1 aliphatic heterocycles. The Morgan fingerprint density at radius 3 is 2.71 bits per heavy atom. The number of fused-ring (bicyclic) bond motifs is 1. The van der Waals surface area contributed by atoms with E-state index in [9.17, 15) is 0 Å². The van der Waals surface area contributed by atoms with Gasteiger partial charge < -0.3 is 10.2 Å². The Bertz CT molecular complexity index is 956. The molecule has 3 aromatic rings. The van der Waals surface area contributed by atoms with E-state index in [0.29, 0.717) is 0 Å². The van der Waals surface area contributed by atoms with Crippen molar-refractivity contribution in [2.75, 3.05) is 23.3 Å². The summed E-state index contributed by atoms with van der Waals surface area (Å²) >= 11 is 0. The van der Waals surface area contributed by atoms with Crippen LogP contribution in [0.3, 0.4) is 0 Å². The number of nitrogens with one attached hydrogen (secondary N) is 2. The number of hydrogen-bond donors (Lipinski definition) is 2. The van der Waals surface area contributed by atoms with Crippen LogP contribution >= 0.6 is 0 Å². The van der Waals surface area contributed by atoms with Gasteiger partial charge in [0, 0.05) is 24.7 Å². The Labute approximate surface area is 165 Å². The Balaban J connectivity index is 1.43. The van der Waals surface area contributed by atoms with Crippen molar-refractivity contribution < 1.29 is 0 Å². The van der Waals surface area contributed by atoms with Crippen molar-refractivity contribution in [2.24, 2.45) is 5.92 Å². The number of nitrogens with zero attached hydrogens (tertiary/aromatic N) is 4. The zero-order valence-electron chi connectivity index (χ0n) is 16.3. The van der Waals surface area contributed by atoms with E-state index in [1.807, 2.05) is 24.3 Å². The fourth-order valence-corrected chi connectivity index (χ4v) is 4.15. The van der Waals surface area contributed by atoms with E-state index in [1.54, 1.807) is 0 Å². The summed E-state index contributed by atoms with van der Waals surface area (Å²) in [6.07, 6.45) is 5.64. The molecule has 6 nitrogen and oxygen atoms in total. The van der Waals surface area contributed by atoms with Gasteiger partial charge in [-0.25, -0.2) is 4.98 Å². The molecule has 0 spiro atoms. The number of rotatable bonds is 4. The number of hydrogen-bond acceptors (Lipinski definition) is 5. The molecule has 0 radical (unpaired) electrons. The molecule has 1 fully saturated rings. The Kier molecular flexibility index (Phi) is 4.47. The molecule has 2 N–H and O–H groups in total. The van der Waals surface area contributed by atoms with Crippen LogP contribution < -0.4 is 10.2 Å². The molecule has 144 valence electrons. The van der Waals surface area contributed by atoms with Crippen LogP contribution in [0.4, 0.5) is 17.6 Å². The Hall–Kier alpha value is -2.89. The van der Waals surface area contributed by atoms with Crippen LogP contribution in [0.25, 0.3) is 11.3 Å². The molecule has 1 aromatic carbocycles. The average Bonchev–Trinajstić information content (AvgIpc) is 3.39. The van der Waals surface area contributed by atoms with Crippen LogP contribution in [0.5, 0.6) is 0 Å². The molecule has 0 unspecified atom stereocenters. The summed E-state index contributed by atoms with van der Waals surface area (Å²) in [5.74, 6) is 3.38. The van der Waals surface area contributed by atoms with Crippen molar-refractivity contribution in [3.63, 3.8) is 0 Å². The normalized spacial score (nSPS) is 17.0. The minimum absolute atomic E-state index is 0.795. The van der Waals surface area contributed by atoms with E-state index in [-0.39, 0.29) is 0 Å². The molecule has 1 saturated heterocycles. The number of benzene rings is 1. The number of H-pyrrole nitrogens is 1. The lowest BCUT2D eigenvalue weighted by molar-refractivity contribution is 0.434. The lowest BCUT2D eigenvalue weighted by Gasteiger charge is -2.30. The van der Waals surface area contributed by atoms with Gasteiger partial charge >= 0.3 is 0 Å². The summed E-state index contributed by atoms with van der Waals surface area (Å²) in [6, 6.07) is 12.3. The third kappa shape index (κ3) is 3.35. The van der Waals surface area contributed by atoms with Gasteiger partial charge in [-0.2, -0.15) is 10.1 Å². The molecule has 0 saturated carbocycles. The fourth-order valence-electron chi connectivity index (χ4n) is 4.15. The highest BCUT2D eigenvalue weighted by Gasteiger charge is 2.24. The summed E-state index contributed by atoms with van der Waals surface area (Å²) in [4.78, 5) is 12.2. The number of aromatic amines is 1. The maximum atomic E-state index is 4.92. The third-order valence-electron chi connectivity index (χ3n) is 5.90. The zero-order valence-corrected chi connectivity index (χ0v) is 16.3. The van der Waals surface area contributed by atoms with E-state index in [1.165, 1.54) is 24.1 Å². The predicted molar refractivity (Wildman–Crippen MR) is 112 cm³/mol. The standard InChI is InChI=1S/C22H26N6/c1-15-10-12-28(13-11-15)22-23-18-9-5-8-17(18)21(25-22)24-20-14-19(26-27-20)16-6-3-2-4-7-16/h2-4,6-7,14-15H,5,8-13H2,1H3,(H2,23,24,25,26,27). The van der Waals surface area contributed by atoms with Crippen LogP contribution in [0.2, 0.25) is 0 Å². The van der Waals surface area contributed by atoms with Gasteiger partial charge in [-0.3, -0.25) is 5.10 Å². The monoisotopic (exact) mass is 374 g/mol. The van der Waals surface area contributed by atoms with Crippen molar-refractivity contribution in [3.05, 3.63) is 47.7 Å². The molecule has 0 amide bonds. The third-order valence-corrected chi connectivity index (χ3v) is 5.90. The molecular weight excluding hydrogens is 348 g/mol. The minimum atomic E-state index is 0.795. The van der Waals surface area contributed by atoms with Crippen LogP contribution in [0.1, 0.15) is 37.4 Å². The lowest BCUT2D eigenvalue weighted by atomic mass is 10.00. The van der Waals surface area contributed by atoms with Crippen molar-refractivity contribution in [3.8, 4) is 11.3 Å². The minimum Gasteiger partial charge on any atom is -0.341 e. The molecular formula is C22H26N6. The van der Waals surface area contributed by atoms with Crippen LogP contribution in [-0.4, -0.2) is 33.3 Å². The second-order valence-corrected chi connectivity index (χ2v) is 7.98. The van der Waals surface area contributed by atoms with E-state index < -0.39 is 0 Å². The van der Waals surface area contributed by atoms with Gasteiger partial charge in [0.15, 0.2) is 5.82 Å². The van der Waals surface area contributed by atoms with Crippen molar-refractivity contribution >= 4 is 17.6 Å². The van der Waals surface area contributed by atoms with Crippen LogP contribution in [-0.2, 0) is 12.8 Å². The summed E-state index contributed by atoms with van der Waals surface area (Å²) < 4.78 is 0. The number of aryl methyl sites for hydroxylation is 1. The second kappa shape index (κ2) is 7.26. The second-order valence-electron chi connectivity index (χ2n) is 7.98. The van der Waals surface area contributed by atoms with Gasteiger partial charge in [0.2, 0.25) is 5.95 Å². The van der Waals surface area contributed by atoms with Gasteiger partial charge in [0.05, 0.1) is 11.4 Å². The van der Waals surface area contributed by atoms with E-state index in [2.05, 4.69) is 39.5 Å². The molecule has 3 heterocycles. The molecule has 0 atom stereocenters. The maximum Gasteiger partial charge on any atom is 0.227 e. The van der Waals surface area contributed by atoms with Crippen LogP contribution in [0, 0.1) is 5.92 Å². The van der Waals surface area contributed by atoms with Gasteiger partial charge in [-0.05, 0) is 43.6 Å². The lowest BCUT2D eigenvalue weighted by Crippen LogP contribution is -2.34.